The molecule has 3 nitrogen and oxygen atoms in total. The highest BCUT2D eigenvalue weighted by Crippen LogP contribution is 2.33. The zero-order valence-electron chi connectivity index (χ0n) is 23.5. The number of aromatic nitrogens is 2. The van der Waals surface area contributed by atoms with Gasteiger partial charge in [0.05, 0.1) is 18.6 Å². The van der Waals surface area contributed by atoms with Gasteiger partial charge in [0.2, 0.25) is 6.71 Å². The van der Waals surface area contributed by atoms with Crippen molar-refractivity contribution in [2.75, 3.05) is 7.11 Å². The minimum absolute atomic E-state index is 0.370. The van der Waals surface area contributed by atoms with Gasteiger partial charge in [0.25, 0.3) is 0 Å². The van der Waals surface area contributed by atoms with Gasteiger partial charge in [-0.2, -0.15) is 0 Å². The number of benzene rings is 5. The molecule has 0 atom stereocenters. The lowest BCUT2D eigenvalue weighted by molar-refractivity contribution is 0.415. The highest BCUT2D eigenvalue weighted by molar-refractivity contribution is 6.84. The molecule has 41 heavy (non-hydrogen) atoms. The first-order chi connectivity index (χ1) is 20.2. The van der Waals surface area contributed by atoms with Gasteiger partial charge in [0.15, 0.2) is 0 Å². The fourth-order valence-electron chi connectivity index (χ4n) is 5.08. The summed E-state index contributed by atoms with van der Waals surface area (Å²) >= 11 is 0. The van der Waals surface area contributed by atoms with E-state index in [4.69, 9.17) is 4.74 Å². The molecule has 2 radical (unpaired) electrons. The zero-order valence-corrected chi connectivity index (χ0v) is 24.5. The highest BCUT2D eigenvalue weighted by Gasteiger charge is 2.37. The standard InChI is InChI=1S/C23H20N2OSi.C13H13B/c1-26-21-13-8-14-22(17-21)27-23(25-16-15-24-18-25,19-9-4-2-5-10-19)20-11-6-3-7-12-20;1-14(12-8-4-2-5-9-12)13-10-6-3-7-11-13/h2-18H,1H3;2-11H,1H3. The molecule has 0 spiro atoms. The topological polar surface area (TPSA) is 27.1 Å². The van der Waals surface area contributed by atoms with Gasteiger partial charge in [-0.05, 0) is 23.3 Å². The summed E-state index contributed by atoms with van der Waals surface area (Å²) in [6, 6.07) is 50.8. The molecule has 5 heteroatoms. The number of ether oxygens (including phenoxy) is 1. The van der Waals surface area contributed by atoms with Gasteiger partial charge in [-0.3, -0.25) is 0 Å². The highest BCUT2D eigenvalue weighted by atomic mass is 28.2. The third-order valence-electron chi connectivity index (χ3n) is 7.27. The number of nitrogens with zero attached hydrogens (tertiary/aromatic N) is 2. The molecule has 1 aromatic heterocycles. The molecular formula is C36H33BN2OSi. The Hall–Kier alpha value is -4.61. The molecule has 0 saturated carbocycles. The van der Waals surface area contributed by atoms with E-state index >= 15 is 0 Å². The van der Waals surface area contributed by atoms with Gasteiger partial charge in [-0.15, -0.1) is 0 Å². The van der Waals surface area contributed by atoms with Crippen molar-refractivity contribution in [1.82, 2.24) is 9.55 Å². The van der Waals surface area contributed by atoms with E-state index in [-0.39, 0.29) is 5.16 Å². The van der Waals surface area contributed by atoms with E-state index < -0.39 is 0 Å². The fraction of sp³-hybridized carbons (Fsp3) is 0.0833. The summed E-state index contributed by atoms with van der Waals surface area (Å²) in [6.45, 7) is 2.72. The largest absolute Gasteiger partial charge is 0.497 e. The second-order valence-electron chi connectivity index (χ2n) is 9.81. The SMILES string of the molecule is CB(c1ccccc1)c1ccccc1.COc1cccc([Si]C(c2ccccc2)(c2ccccc2)n2ccnc2)c1. The molecule has 5 aromatic carbocycles. The van der Waals surface area contributed by atoms with Gasteiger partial charge >= 0.3 is 0 Å². The van der Waals surface area contributed by atoms with Crippen LogP contribution in [0, 0.1) is 0 Å². The molecule has 0 saturated heterocycles. The molecule has 0 aliphatic rings. The summed E-state index contributed by atoms with van der Waals surface area (Å²) in [5, 5.41) is 0.863. The first kappa shape index (κ1) is 27.9. The molecule has 0 unspecified atom stereocenters. The first-order valence-corrected chi connectivity index (χ1v) is 14.8. The maximum absolute atomic E-state index is 5.46. The van der Waals surface area contributed by atoms with E-state index in [9.17, 15) is 0 Å². The smallest absolute Gasteiger partial charge is 0.206 e. The summed E-state index contributed by atoms with van der Waals surface area (Å²) < 4.78 is 7.67. The van der Waals surface area contributed by atoms with Crippen molar-refractivity contribution >= 4 is 32.3 Å². The van der Waals surface area contributed by atoms with Crippen molar-refractivity contribution in [3.05, 3.63) is 175 Å². The van der Waals surface area contributed by atoms with Crippen LogP contribution in [0.3, 0.4) is 0 Å². The number of hydrogen-bond acceptors (Lipinski definition) is 2. The Balaban J connectivity index is 0.000000202. The average molecular weight is 549 g/mol. The summed E-state index contributed by atoms with van der Waals surface area (Å²) in [4.78, 5) is 4.36. The first-order valence-electron chi connectivity index (χ1n) is 13.8. The Morgan fingerprint density at radius 2 is 1.17 bits per heavy atom. The van der Waals surface area contributed by atoms with Crippen LogP contribution in [0.1, 0.15) is 11.1 Å². The molecule has 6 rings (SSSR count). The predicted octanol–water partition coefficient (Wildman–Crippen LogP) is 5.60. The van der Waals surface area contributed by atoms with Crippen molar-refractivity contribution in [3.8, 4) is 5.75 Å². The van der Waals surface area contributed by atoms with E-state index in [0.717, 1.165) is 5.75 Å². The van der Waals surface area contributed by atoms with Crippen LogP contribution >= 0.6 is 0 Å². The minimum Gasteiger partial charge on any atom is -0.497 e. The normalized spacial score (nSPS) is 10.8. The predicted molar refractivity (Wildman–Crippen MR) is 173 cm³/mol. The summed E-state index contributed by atoms with van der Waals surface area (Å²) in [5.74, 6) is 0.876. The molecular weight excluding hydrogens is 515 g/mol. The molecule has 0 amide bonds. The summed E-state index contributed by atoms with van der Waals surface area (Å²) in [5.41, 5.74) is 5.21. The van der Waals surface area contributed by atoms with Crippen molar-refractivity contribution in [1.29, 1.82) is 0 Å². The second-order valence-corrected chi connectivity index (χ2v) is 11.4. The Morgan fingerprint density at radius 3 is 1.63 bits per heavy atom. The Kier molecular flexibility index (Phi) is 9.30. The van der Waals surface area contributed by atoms with E-state index in [1.54, 1.807) is 7.11 Å². The summed E-state index contributed by atoms with van der Waals surface area (Å²) in [7, 11) is 2.17. The number of methoxy groups -OCH3 is 1. The van der Waals surface area contributed by atoms with Crippen LogP contribution in [0.5, 0.6) is 5.75 Å². The third kappa shape index (κ3) is 6.59. The molecule has 0 aliphatic heterocycles. The number of imidazole rings is 1. The molecule has 0 aliphatic carbocycles. The van der Waals surface area contributed by atoms with Gasteiger partial charge in [-0.25, -0.2) is 4.98 Å². The molecule has 0 N–H and O–H groups in total. The Bertz CT molecular complexity index is 1520. The summed E-state index contributed by atoms with van der Waals surface area (Å²) in [6.07, 6.45) is 5.80. The zero-order chi connectivity index (χ0) is 28.3. The van der Waals surface area contributed by atoms with E-state index in [1.165, 1.54) is 27.2 Å². The van der Waals surface area contributed by atoms with Crippen LogP contribution in [0.25, 0.3) is 0 Å². The number of hydrogen-bond donors (Lipinski definition) is 0. The Labute approximate surface area is 246 Å². The van der Waals surface area contributed by atoms with Crippen molar-refractivity contribution in [3.63, 3.8) is 0 Å². The van der Waals surface area contributed by atoms with Crippen LogP contribution in [-0.4, -0.2) is 32.9 Å². The second kappa shape index (κ2) is 13.6. The van der Waals surface area contributed by atoms with E-state index in [1.807, 2.05) is 24.8 Å². The quantitative estimate of drug-likeness (QED) is 0.232. The van der Waals surface area contributed by atoms with Crippen molar-refractivity contribution in [2.45, 2.75) is 12.0 Å². The minimum atomic E-state index is -0.370. The van der Waals surface area contributed by atoms with Crippen molar-refractivity contribution < 1.29 is 4.74 Å². The lowest BCUT2D eigenvalue weighted by atomic mass is 9.43. The molecule has 6 aromatic rings. The molecule has 200 valence electrons. The molecule has 0 fully saturated rings. The van der Waals surface area contributed by atoms with E-state index in [0.29, 0.717) is 16.2 Å². The van der Waals surface area contributed by atoms with Crippen LogP contribution in [0.2, 0.25) is 6.82 Å². The maximum atomic E-state index is 5.46. The molecule has 0 bridgehead atoms. The van der Waals surface area contributed by atoms with E-state index in [2.05, 4.69) is 156 Å². The van der Waals surface area contributed by atoms with Crippen LogP contribution in [-0.2, 0) is 5.16 Å². The van der Waals surface area contributed by atoms with Crippen LogP contribution < -0.4 is 20.8 Å². The molecule has 1 heterocycles. The van der Waals surface area contributed by atoms with Gasteiger partial charge in [0, 0.05) is 12.4 Å². The maximum Gasteiger partial charge on any atom is 0.206 e. The third-order valence-corrected chi connectivity index (χ3v) is 9.07. The fourth-order valence-corrected chi connectivity index (χ4v) is 6.77. The van der Waals surface area contributed by atoms with Gasteiger partial charge in [-0.1, -0.05) is 156 Å². The lowest BCUT2D eigenvalue weighted by Gasteiger charge is -2.36. The van der Waals surface area contributed by atoms with Gasteiger partial charge in [0.1, 0.15) is 15.3 Å². The monoisotopic (exact) mass is 548 g/mol. The van der Waals surface area contributed by atoms with Crippen LogP contribution in [0.15, 0.2) is 164 Å². The average Bonchev–Trinajstić information content (AvgIpc) is 3.61. The van der Waals surface area contributed by atoms with Gasteiger partial charge < -0.3 is 9.30 Å². The van der Waals surface area contributed by atoms with Crippen LogP contribution in [0.4, 0.5) is 0 Å². The Morgan fingerprint density at radius 1 is 0.659 bits per heavy atom. The lowest BCUT2D eigenvalue weighted by Crippen LogP contribution is -2.46. The number of rotatable bonds is 8. The van der Waals surface area contributed by atoms with Crippen molar-refractivity contribution in [2.24, 2.45) is 0 Å².